The number of hydrogen-bond acceptors (Lipinski definition) is 3. The molecule has 1 amide bonds. The summed E-state index contributed by atoms with van der Waals surface area (Å²) in [4.78, 5) is 13.9. The van der Waals surface area contributed by atoms with Crippen molar-refractivity contribution >= 4 is 6.09 Å². The molecule has 2 fully saturated rings. The Morgan fingerprint density at radius 1 is 1.17 bits per heavy atom. The van der Waals surface area contributed by atoms with Crippen molar-refractivity contribution in [3.05, 3.63) is 35.9 Å². The van der Waals surface area contributed by atoms with E-state index in [1.807, 2.05) is 25.7 Å². The number of rotatable bonds is 3. The smallest absolute Gasteiger partial charge is 0.410 e. The molecule has 4 nitrogen and oxygen atoms in total. The Hall–Kier alpha value is -1.55. The van der Waals surface area contributed by atoms with E-state index in [1.165, 1.54) is 18.4 Å². The van der Waals surface area contributed by atoms with Crippen LogP contribution in [0, 0.1) is 0 Å². The highest BCUT2D eigenvalue weighted by molar-refractivity contribution is 5.68. The van der Waals surface area contributed by atoms with Crippen molar-refractivity contribution in [1.82, 2.24) is 10.2 Å². The minimum absolute atomic E-state index is 0.183. The zero-order valence-electron chi connectivity index (χ0n) is 14.4. The van der Waals surface area contributed by atoms with E-state index in [2.05, 4.69) is 35.6 Å². The number of likely N-dealkylation sites (tertiary alicyclic amines) is 1. The molecule has 126 valence electrons. The average molecular weight is 316 g/mol. The monoisotopic (exact) mass is 316 g/mol. The Balaban J connectivity index is 1.41. The second kappa shape index (κ2) is 6.52. The van der Waals surface area contributed by atoms with Gasteiger partial charge in [0.05, 0.1) is 0 Å². The van der Waals surface area contributed by atoms with Gasteiger partial charge < -0.3 is 15.0 Å². The fourth-order valence-electron chi connectivity index (χ4n) is 3.47. The molecule has 1 heterocycles. The Bertz CT molecular complexity index is 532. The van der Waals surface area contributed by atoms with E-state index < -0.39 is 5.60 Å². The quantitative estimate of drug-likeness (QED) is 0.927. The van der Waals surface area contributed by atoms with Crippen LogP contribution in [-0.2, 0) is 4.74 Å². The first-order valence-electron chi connectivity index (χ1n) is 8.69. The molecule has 1 unspecified atom stereocenters. The Kier molecular flexibility index (Phi) is 4.62. The first-order valence-corrected chi connectivity index (χ1v) is 8.69. The molecule has 23 heavy (non-hydrogen) atoms. The van der Waals surface area contributed by atoms with Crippen molar-refractivity contribution in [2.45, 2.75) is 63.6 Å². The predicted molar refractivity (Wildman–Crippen MR) is 91.6 cm³/mol. The van der Waals surface area contributed by atoms with Crippen LogP contribution in [0.25, 0.3) is 0 Å². The normalized spacial score (nSPS) is 27.6. The molecule has 4 heteroatoms. The Morgan fingerprint density at radius 3 is 2.52 bits per heavy atom. The van der Waals surface area contributed by atoms with Gasteiger partial charge in [0, 0.05) is 25.2 Å². The van der Waals surface area contributed by atoms with Gasteiger partial charge in [-0.2, -0.15) is 0 Å². The summed E-state index contributed by atoms with van der Waals surface area (Å²) in [6.45, 7) is 7.29. The van der Waals surface area contributed by atoms with Gasteiger partial charge in [-0.05, 0) is 51.5 Å². The zero-order valence-corrected chi connectivity index (χ0v) is 14.4. The zero-order chi connectivity index (χ0) is 16.4. The maximum Gasteiger partial charge on any atom is 0.410 e. The van der Waals surface area contributed by atoms with Crippen molar-refractivity contribution in [3.63, 3.8) is 0 Å². The van der Waals surface area contributed by atoms with Crippen LogP contribution in [0.4, 0.5) is 4.79 Å². The lowest BCUT2D eigenvalue weighted by Crippen LogP contribution is -2.47. The molecular formula is C19H28N2O2. The van der Waals surface area contributed by atoms with Gasteiger partial charge in [0.15, 0.2) is 0 Å². The van der Waals surface area contributed by atoms with Crippen LogP contribution < -0.4 is 5.32 Å². The molecule has 3 rings (SSSR count). The van der Waals surface area contributed by atoms with Gasteiger partial charge >= 0.3 is 6.09 Å². The van der Waals surface area contributed by atoms with Crippen LogP contribution in [0.1, 0.15) is 51.5 Å². The minimum atomic E-state index is -0.417. The summed E-state index contributed by atoms with van der Waals surface area (Å²) >= 11 is 0. The van der Waals surface area contributed by atoms with Gasteiger partial charge in [0.2, 0.25) is 0 Å². The number of nitrogens with zero attached hydrogens (tertiary/aromatic N) is 1. The van der Waals surface area contributed by atoms with E-state index in [0.717, 1.165) is 19.5 Å². The summed E-state index contributed by atoms with van der Waals surface area (Å²) < 4.78 is 5.45. The van der Waals surface area contributed by atoms with Gasteiger partial charge in [0.1, 0.15) is 5.60 Å². The van der Waals surface area contributed by atoms with E-state index in [4.69, 9.17) is 4.74 Å². The molecule has 1 saturated heterocycles. The fourth-order valence-corrected chi connectivity index (χ4v) is 3.47. The summed E-state index contributed by atoms with van der Waals surface area (Å²) in [5.41, 5.74) is 1.03. The first kappa shape index (κ1) is 16.3. The highest BCUT2D eigenvalue weighted by Gasteiger charge is 2.35. The second-order valence-corrected chi connectivity index (χ2v) is 7.85. The number of amides is 1. The molecule has 1 aromatic carbocycles. The van der Waals surface area contributed by atoms with E-state index >= 15 is 0 Å². The molecule has 1 atom stereocenters. The van der Waals surface area contributed by atoms with E-state index in [9.17, 15) is 4.79 Å². The van der Waals surface area contributed by atoms with Crippen LogP contribution in [-0.4, -0.2) is 41.8 Å². The van der Waals surface area contributed by atoms with Crippen molar-refractivity contribution in [2.75, 3.05) is 13.1 Å². The molecule has 1 N–H and O–H groups in total. The average Bonchev–Trinajstić information content (AvgIpc) is 2.90. The lowest BCUT2D eigenvalue weighted by Gasteiger charge is -2.38. The van der Waals surface area contributed by atoms with Crippen LogP contribution >= 0.6 is 0 Å². The molecular weight excluding hydrogens is 288 g/mol. The third-order valence-electron chi connectivity index (χ3n) is 4.72. The lowest BCUT2D eigenvalue weighted by molar-refractivity contribution is 0.0289. The number of benzene rings is 1. The van der Waals surface area contributed by atoms with Gasteiger partial charge in [-0.3, -0.25) is 0 Å². The molecule has 1 aliphatic carbocycles. The van der Waals surface area contributed by atoms with Crippen LogP contribution in [0.3, 0.4) is 0 Å². The number of carbonyl (C=O) groups is 1. The number of ether oxygens (including phenoxy) is 1. The number of nitrogens with one attached hydrogen (secondary N) is 1. The summed E-state index contributed by atoms with van der Waals surface area (Å²) in [5, 5.41) is 3.71. The van der Waals surface area contributed by atoms with Gasteiger partial charge in [-0.1, -0.05) is 30.3 Å². The van der Waals surface area contributed by atoms with E-state index in [0.29, 0.717) is 18.0 Å². The third-order valence-corrected chi connectivity index (χ3v) is 4.72. The lowest BCUT2D eigenvalue weighted by atomic mass is 9.75. The third kappa shape index (κ3) is 4.25. The van der Waals surface area contributed by atoms with E-state index in [-0.39, 0.29) is 6.09 Å². The summed E-state index contributed by atoms with van der Waals surface area (Å²) in [5.74, 6) is 0.692. The van der Waals surface area contributed by atoms with Crippen LogP contribution in [0.15, 0.2) is 30.3 Å². The first-order chi connectivity index (χ1) is 10.9. The molecule has 0 radical (unpaired) electrons. The predicted octanol–water partition coefficient (Wildman–Crippen LogP) is 3.53. The summed E-state index contributed by atoms with van der Waals surface area (Å²) in [6, 6.07) is 11.7. The van der Waals surface area contributed by atoms with Crippen molar-refractivity contribution in [2.24, 2.45) is 0 Å². The van der Waals surface area contributed by atoms with Crippen LogP contribution in [0.2, 0.25) is 0 Å². The molecule has 0 bridgehead atoms. The number of hydrogen-bond donors (Lipinski definition) is 1. The SMILES string of the molecule is CC(C)(C)OC(=O)N1CCC(NC2CC(c3ccccc3)C2)C1. The number of carbonyl (C=O) groups excluding carboxylic acids is 1. The molecule has 0 aromatic heterocycles. The maximum atomic E-state index is 12.1. The molecule has 2 aliphatic rings. The van der Waals surface area contributed by atoms with Crippen molar-refractivity contribution < 1.29 is 9.53 Å². The Morgan fingerprint density at radius 2 is 1.87 bits per heavy atom. The van der Waals surface area contributed by atoms with Crippen molar-refractivity contribution in [1.29, 1.82) is 0 Å². The highest BCUT2D eigenvalue weighted by Crippen LogP contribution is 2.37. The van der Waals surface area contributed by atoms with Gasteiger partial charge in [-0.15, -0.1) is 0 Å². The van der Waals surface area contributed by atoms with Crippen LogP contribution in [0.5, 0.6) is 0 Å². The molecule has 1 saturated carbocycles. The standard InChI is InChI=1S/C19H28N2O2/c1-19(2,3)23-18(22)21-10-9-16(13-21)20-17-11-15(12-17)14-7-5-4-6-8-14/h4-8,15-17,20H,9-13H2,1-3H3. The minimum Gasteiger partial charge on any atom is -0.444 e. The van der Waals surface area contributed by atoms with Crippen molar-refractivity contribution in [3.8, 4) is 0 Å². The molecule has 1 aliphatic heterocycles. The Labute approximate surface area is 139 Å². The fraction of sp³-hybridized carbons (Fsp3) is 0.632. The van der Waals surface area contributed by atoms with Gasteiger partial charge in [-0.25, -0.2) is 4.79 Å². The highest BCUT2D eigenvalue weighted by atomic mass is 16.6. The molecule has 0 spiro atoms. The van der Waals surface area contributed by atoms with E-state index in [1.54, 1.807) is 0 Å². The summed E-state index contributed by atoms with van der Waals surface area (Å²) in [6.07, 6.45) is 3.24. The largest absolute Gasteiger partial charge is 0.444 e. The van der Waals surface area contributed by atoms with Gasteiger partial charge in [0.25, 0.3) is 0 Å². The molecule has 1 aromatic rings. The topological polar surface area (TPSA) is 41.6 Å². The summed E-state index contributed by atoms with van der Waals surface area (Å²) in [7, 11) is 0. The maximum absolute atomic E-state index is 12.1. The second-order valence-electron chi connectivity index (χ2n) is 7.85.